The predicted octanol–water partition coefficient (Wildman–Crippen LogP) is 4.38. The van der Waals surface area contributed by atoms with Crippen LogP contribution in [0.3, 0.4) is 0 Å². The molecule has 0 saturated carbocycles. The molecule has 122 valence electrons. The molecule has 0 radical (unpaired) electrons. The molecular formula is C16H20N4OS2. The van der Waals surface area contributed by atoms with Crippen molar-refractivity contribution in [3.8, 4) is 0 Å². The number of ether oxygens (including phenoxy) is 1. The molecule has 1 N–H and O–H groups in total. The number of hydrogen-bond donors (Lipinski definition) is 1. The maximum Gasteiger partial charge on any atom is 0.207 e. The molecule has 0 fully saturated rings. The van der Waals surface area contributed by atoms with Crippen LogP contribution in [0.4, 0.5) is 10.8 Å². The first kappa shape index (κ1) is 16.3. The smallest absolute Gasteiger partial charge is 0.207 e. The van der Waals surface area contributed by atoms with Crippen molar-refractivity contribution in [2.45, 2.75) is 32.6 Å². The van der Waals surface area contributed by atoms with Crippen molar-refractivity contribution < 1.29 is 4.74 Å². The number of methoxy groups -OCH3 is 1. The zero-order valence-electron chi connectivity index (χ0n) is 13.7. The summed E-state index contributed by atoms with van der Waals surface area (Å²) in [4.78, 5) is 9.19. The monoisotopic (exact) mass is 348 g/mol. The zero-order valence-corrected chi connectivity index (χ0v) is 15.3. The summed E-state index contributed by atoms with van der Waals surface area (Å²) in [6, 6.07) is 6.21. The SMILES string of the molecule is COCCc1nsc(Nc2ccc3nc(C(C)(C)C)sc3c2)n1. The quantitative estimate of drug-likeness (QED) is 0.741. The molecule has 0 atom stereocenters. The van der Waals surface area contributed by atoms with Crippen molar-refractivity contribution in [2.24, 2.45) is 0 Å². The van der Waals surface area contributed by atoms with Crippen molar-refractivity contribution in [3.63, 3.8) is 0 Å². The Morgan fingerprint density at radius 1 is 1.22 bits per heavy atom. The van der Waals surface area contributed by atoms with Gasteiger partial charge in [-0.05, 0) is 18.2 Å². The number of anilines is 2. The number of nitrogens with one attached hydrogen (secondary N) is 1. The molecule has 1 aromatic carbocycles. The molecule has 3 rings (SSSR count). The summed E-state index contributed by atoms with van der Waals surface area (Å²) in [6.07, 6.45) is 0.734. The standard InChI is InChI=1S/C16H20N4OS2/c1-16(2,3)14-18-11-6-5-10(9-12(11)22-14)17-15-19-13(20-23-15)7-8-21-4/h5-6,9H,7-8H2,1-4H3,(H,17,19,20). The Kier molecular flexibility index (Phi) is 4.61. The first-order valence-corrected chi connectivity index (χ1v) is 9.04. The lowest BCUT2D eigenvalue weighted by atomic mass is 9.98. The molecule has 7 heteroatoms. The van der Waals surface area contributed by atoms with Crippen molar-refractivity contribution in [1.82, 2.24) is 14.3 Å². The Morgan fingerprint density at radius 2 is 2.04 bits per heavy atom. The molecule has 2 heterocycles. The Labute approximate surface area is 143 Å². The molecule has 0 aliphatic carbocycles. The molecule has 0 amide bonds. The van der Waals surface area contributed by atoms with Crippen LogP contribution >= 0.6 is 22.9 Å². The van der Waals surface area contributed by atoms with Gasteiger partial charge in [0.1, 0.15) is 5.82 Å². The normalized spacial score (nSPS) is 12.0. The molecule has 0 aliphatic rings. The predicted molar refractivity (Wildman–Crippen MR) is 97.1 cm³/mol. The van der Waals surface area contributed by atoms with Crippen LogP contribution in [0, 0.1) is 0 Å². The van der Waals surface area contributed by atoms with Gasteiger partial charge in [0.05, 0.1) is 21.8 Å². The van der Waals surface area contributed by atoms with E-state index < -0.39 is 0 Å². The fourth-order valence-corrected chi connectivity index (χ4v) is 3.74. The van der Waals surface area contributed by atoms with Crippen molar-refractivity contribution >= 4 is 43.9 Å². The van der Waals surface area contributed by atoms with Crippen LogP contribution in [0.25, 0.3) is 10.2 Å². The van der Waals surface area contributed by atoms with Gasteiger partial charge in [-0.1, -0.05) is 20.8 Å². The van der Waals surface area contributed by atoms with Crippen LogP contribution in [0.1, 0.15) is 31.6 Å². The Balaban J connectivity index is 1.79. The average molecular weight is 348 g/mol. The zero-order chi connectivity index (χ0) is 16.4. The lowest BCUT2D eigenvalue weighted by molar-refractivity contribution is 0.201. The fraction of sp³-hybridized carbons (Fsp3) is 0.438. The Morgan fingerprint density at radius 3 is 2.78 bits per heavy atom. The molecule has 3 aromatic rings. The minimum absolute atomic E-state index is 0.0761. The first-order valence-electron chi connectivity index (χ1n) is 7.45. The minimum Gasteiger partial charge on any atom is -0.384 e. The Bertz CT molecular complexity index is 804. The summed E-state index contributed by atoms with van der Waals surface area (Å²) in [5, 5.41) is 5.28. The topological polar surface area (TPSA) is 59.9 Å². The van der Waals surface area contributed by atoms with Crippen LogP contribution < -0.4 is 5.32 Å². The van der Waals surface area contributed by atoms with Gasteiger partial charge in [-0.2, -0.15) is 4.37 Å². The van der Waals surface area contributed by atoms with Gasteiger partial charge >= 0.3 is 0 Å². The van der Waals surface area contributed by atoms with Gasteiger partial charge in [-0.3, -0.25) is 0 Å². The molecule has 0 bridgehead atoms. The first-order chi connectivity index (χ1) is 11.0. The second kappa shape index (κ2) is 6.51. The molecule has 0 unspecified atom stereocenters. The van der Waals surface area contributed by atoms with E-state index in [1.54, 1.807) is 18.4 Å². The summed E-state index contributed by atoms with van der Waals surface area (Å²) in [6.45, 7) is 7.20. The molecule has 5 nitrogen and oxygen atoms in total. The molecule has 2 aromatic heterocycles. The van der Waals surface area contributed by atoms with Gasteiger partial charge in [0.2, 0.25) is 5.13 Å². The number of benzene rings is 1. The number of hydrogen-bond acceptors (Lipinski definition) is 7. The second-order valence-electron chi connectivity index (χ2n) is 6.34. The third kappa shape index (κ3) is 3.85. The van der Waals surface area contributed by atoms with Crippen LogP contribution in [-0.4, -0.2) is 28.1 Å². The summed E-state index contributed by atoms with van der Waals surface area (Å²) in [5.74, 6) is 0.813. The molecule has 0 spiro atoms. The summed E-state index contributed by atoms with van der Waals surface area (Å²) >= 11 is 3.11. The van der Waals surface area contributed by atoms with Gasteiger partial charge in [0.15, 0.2) is 0 Å². The number of aromatic nitrogens is 3. The van der Waals surface area contributed by atoms with Crippen molar-refractivity contribution in [3.05, 3.63) is 29.0 Å². The minimum atomic E-state index is 0.0761. The maximum absolute atomic E-state index is 5.05. The average Bonchev–Trinajstić information content (AvgIpc) is 3.10. The maximum atomic E-state index is 5.05. The number of fused-ring (bicyclic) bond motifs is 1. The lowest BCUT2D eigenvalue weighted by Crippen LogP contribution is -2.09. The summed E-state index contributed by atoms with van der Waals surface area (Å²) < 4.78 is 10.6. The van der Waals surface area contributed by atoms with Gasteiger partial charge in [0.25, 0.3) is 0 Å². The van der Waals surface area contributed by atoms with Crippen LogP contribution in [0.5, 0.6) is 0 Å². The van der Waals surface area contributed by atoms with E-state index in [1.165, 1.54) is 16.2 Å². The second-order valence-corrected chi connectivity index (χ2v) is 8.12. The highest BCUT2D eigenvalue weighted by Gasteiger charge is 2.18. The largest absolute Gasteiger partial charge is 0.384 e. The van der Waals surface area contributed by atoms with Gasteiger partial charge in [-0.15, -0.1) is 11.3 Å². The van der Waals surface area contributed by atoms with Crippen LogP contribution in [0.2, 0.25) is 0 Å². The third-order valence-electron chi connectivity index (χ3n) is 3.28. The van der Waals surface area contributed by atoms with E-state index in [9.17, 15) is 0 Å². The third-order valence-corrected chi connectivity index (χ3v) is 5.39. The molecular weight excluding hydrogens is 328 g/mol. The van der Waals surface area contributed by atoms with E-state index >= 15 is 0 Å². The molecule has 23 heavy (non-hydrogen) atoms. The number of thiazole rings is 1. The highest BCUT2D eigenvalue weighted by Crippen LogP contribution is 2.33. The van der Waals surface area contributed by atoms with E-state index in [0.717, 1.165) is 33.6 Å². The molecule has 0 saturated heterocycles. The Hall–Kier alpha value is -1.57. The van der Waals surface area contributed by atoms with Crippen LogP contribution in [-0.2, 0) is 16.6 Å². The van der Waals surface area contributed by atoms with Crippen molar-refractivity contribution in [1.29, 1.82) is 0 Å². The van der Waals surface area contributed by atoms with E-state index in [2.05, 4.69) is 47.6 Å². The summed E-state index contributed by atoms with van der Waals surface area (Å²) in [5.41, 5.74) is 2.13. The van der Waals surface area contributed by atoms with E-state index in [1.807, 2.05) is 6.07 Å². The highest BCUT2D eigenvalue weighted by atomic mass is 32.1. The highest BCUT2D eigenvalue weighted by molar-refractivity contribution is 7.18. The number of nitrogens with zero attached hydrogens (tertiary/aromatic N) is 3. The van der Waals surface area contributed by atoms with E-state index in [-0.39, 0.29) is 5.41 Å². The summed E-state index contributed by atoms with van der Waals surface area (Å²) in [7, 11) is 1.68. The number of rotatable bonds is 5. The van der Waals surface area contributed by atoms with E-state index in [0.29, 0.717) is 6.61 Å². The van der Waals surface area contributed by atoms with Crippen LogP contribution in [0.15, 0.2) is 18.2 Å². The van der Waals surface area contributed by atoms with Gasteiger partial charge < -0.3 is 10.1 Å². The lowest BCUT2D eigenvalue weighted by Gasteiger charge is -2.13. The van der Waals surface area contributed by atoms with E-state index in [4.69, 9.17) is 9.72 Å². The fourth-order valence-electron chi connectivity index (χ4n) is 2.05. The van der Waals surface area contributed by atoms with Crippen molar-refractivity contribution in [2.75, 3.05) is 19.0 Å². The van der Waals surface area contributed by atoms with Gasteiger partial charge in [0, 0.05) is 36.2 Å². The van der Waals surface area contributed by atoms with Gasteiger partial charge in [-0.25, -0.2) is 9.97 Å². The molecule has 0 aliphatic heterocycles.